The van der Waals surface area contributed by atoms with Crippen molar-refractivity contribution in [3.63, 3.8) is 0 Å². The SMILES string of the molecule is O=C(O)CC1(Nc2ccc(I)cc2[N+](=O)[O-])CCCCC1. The number of aliphatic carboxylic acids is 1. The Labute approximate surface area is 136 Å². The zero-order valence-corrected chi connectivity index (χ0v) is 13.6. The Kier molecular flexibility index (Phi) is 5.02. The minimum absolute atomic E-state index is 0.00256. The number of carboxylic acid groups (broad SMARTS) is 1. The Morgan fingerprint density at radius 3 is 2.62 bits per heavy atom. The molecule has 1 fully saturated rings. The van der Waals surface area contributed by atoms with Gasteiger partial charge in [-0.05, 0) is 47.6 Å². The van der Waals surface area contributed by atoms with Crippen LogP contribution >= 0.6 is 22.6 Å². The highest BCUT2D eigenvalue weighted by molar-refractivity contribution is 14.1. The summed E-state index contributed by atoms with van der Waals surface area (Å²) in [6.45, 7) is 0. The van der Waals surface area contributed by atoms with Gasteiger partial charge in [0.15, 0.2) is 0 Å². The summed E-state index contributed by atoms with van der Waals surface area (Å²) in [7, 11) is 0. The molecule has 0 atom stereocenters. The van der Waals surface area contributed by atoms with Gasteiger partial charge in [-0.1, -0.05) is 19.3 Å². The van der Waals surface area contributed by atoms with Crippen LogP contribution in [0.25, 0.3) is 0 Å². The van der Waals surface area contributed by atoms with E-state index in [1.807, 2.05) is 22.6 Å². The fourth-order valence-corrected chi connectivity index (χ4v) is 3.39. The Balaban J connectivity index is 2.32. The molecule has 2 N–H and O–H groups in total. The highest BCUT2D eigenvalue weighted by atomic mass is 127. The molecule has 2 rings (SSSR count). The molecule has 0 spiro atoms. The maximum absolute atomic E-state index is 11.2. The topological polar surface area (TPSA) is 92.5 Å². The number of hydrogen-bond acceptors (Lipinski definition) is 4. The summed E-state index contributed by atoms with van der Waals surface area (Å²) < 4.78 is 0.778. The van der Waals surface area contributed by atoms with Crippen LogP contribution in [0.15, 0.2) is 18.2 Å². The third kappa shape index (κ3) is 4.05. The van der Waals surface area contributed by atoms with Crippen molar-refractivity contribution < 1.29 is 14.8 Å². The lowest BCUT2D eigenvalue weighted by atomic mass is 9.79. The lowest BCUT2D eigenvalue weighted by molar-refractivity contribution is -0.384. The van der Waals surface area contributed by atoms with Crippen LogP contribution in [-0.2, 0) is 4.79 Å². The van der Waals surface area contributed by atoms with Crippen LogP contribution in [0, 0.1) is 13.7 Å². The van der Waals surface area contributed by atoms with Crippen LogP contribution < -0.4 is 5.32 Å². The van der Waals surface area contributed by atoms with Crippen LogP contribution in [0.5, 0.6) is 0 Å². The van der Waals surface area contributed by atoms with Crippen molar-refractivity contribution in [2.75, 3.05) is 5.32 Å². The third-order valence-electron chi connectivity index (χ3n) is 3.86. The quantitative estimate of drug-likeness (QED) is 0.443. The molecule has 1 saturated carbocycles. The number of carboxylic acids is 1. The van der Waals surface area contributed by atoms with Gasteiger partial charge in [0.25, 0.3) is 5.69 Å². The molecule has 7 heteroatoms. The van der Waals surface area contributed by atoms with Crippen LogP contribution in [0.4, 0.5) is 11.4 Å². The molecule has 0 bridgehead atoms. The van der Waals surface area contributed by atoms with E-state index < -0.39 is 16.4 Å². The molecular formula is C14H17IN2O4. The second-order valence-electron chi connectivity index (χ2n) is 5.46. The number of anilines is 1. The second-order valence-corrected chi connectivity index (χ2v) is 6.70. The molecule has 0 unspecified atom stereocenters. The van der Waals surface area contributed by atoms with Crippen LogP contribution in [0.3, 0.4) is 0 Å². The first-order valence-corrected chi connectivity index (χ1v) is 7.94. The van der Waals surface area contributed by atoms with Crippen LogP contribution in [0.1, 0.15) is 38.5 Å². The average molecular weight is 404 g/mol. The van der Waals surface area contributed by atoms with E-state index in [1.165, 1.54) is 6.07 Å². The summed E-state index contributed by atoms with van der Waals surface area (Å²) in [6.07, 6.45) is 4.40. The Morgan fingerprint density at radius 1 is 1.38 bits per heavy atom. The van der Waals surface area contributed by atoms with Gasteiger partial charge in [0, 0.05) is 15.2 Å². The molecule has 0 amide bonds. The molecule has 1 aliphatic rings. The molecule has 1 aliphatic carbocycles. The number of carbonyl (C=O) groups is 1. The minimum Gasteiger partial charge on any atom is -0.481 e. The molecule has 114 valence electrons. The van der Waals surface area contributed by atoms with Crippen molar-refractivity contribution in [2.24, 2.45) is 0 Å². The smallest absolute Gasteiger partial charge is 0.305 e. The van der Waals surface area contributed by atoms with Gasteiger partial charge in [-0.2, -0.15) is 0 Å². The van der Waals surface area contributed by atoms with E-state index in [9.17, 15) is 14.9 Å². The molecule has 6 nitrogen and oxygen atoms in total. The molecule has 0 aromatic heterocycles. The Hall–Kier alpha value is -1.38. The molecule has 1 aromatic rings. The fraction of sp³-hybridized carbons (Fsp3) is 0.500. The van der Waals surface area contributed by atoms with E-state index in [0.717, 1.165) is 35.7 Å². The zero-order valence-electron chi connectivity index (χ0n) is 11.5. The van der Waals surface area contributed by atoms with Crippen molar-refractivity contribution in [1.82, 2.24) is 0 Å². The summed E-state index contributed by atoms with van der Waals surface area (Å²) in [5.41, 5.74) is -0.178. The number of nitro groups is 1. The minimum atomic E-state index is -0.877. The number of nitro benzene ring substituents is 1. The predicted octanol–water partition coefficient (Wildman–Crippen LogP) is 3.79. The zero-order chi connectivity index (χ0) is 15.5. The number of hydrogen-bond donors (Lipinski definition) is 2. The van der Waals surface area contributed by atoms with Gasteiger partial charge in [0.1, 0.15) is 5.69 Å². The standard InChI is InChI=1S/C14H17IN2O4/c15-10-4-5-11(12(8-10)17(20)21)16-14(9-13(18)19)6-2-1-3-7-14/h4-5,8,16H,1-3,6-7,9H2,(H,18,19). The molecule has 0 aliphatic heterocycles. The lowest BCUT2D eigenvalue weighted by Crippen LogP contribution is -2.42. The van der Waals surface area contributed by atoms with Crippen LogP contribution in [0.2, 0.25) is 0 Å². The van der Waals surface area contributed by atoms with E-state index in [2.05, 4.69) is 5.32 Å². The number of rotatable bonds is 5. The monoisotopic (exact) mass is 404 g/mol. The molecule has 0 heterocycles. The van der Waals surface area contributed by atoms with Gasteiger partial charge >= 0.3 is 5.97 Å². The third-order valence-corrected chi connectivity index (χ3v) is 4.53. The summed E-state index contributed by atoms with van der Waals surface area (Å²) >= 11 is 2.02. The largest absolute Gasteiger partial charge is 0.481 e. The molecule has 0 radical (unpaired) electrons. The summed E-state index contributed by atoms with van der Waals surface area (Å²) in [6, 6.07) is 4.95. The van der Waals surface area contributed by atoms with Crippen molar-refractivity contribution in [2.45, 2.75) is 44.1 Å². The Bertz CT molecular complexity index is 556. The van der Waals surface area contributed by atoms with Gasteiger partial charge in [0.2, 0.25) is 0 Å². The number of benzene rings is 1. The van der Waals surface area contributed by atoms with Gasteiger partial charge in [-0.3, -0.25) is 14.9 Å². The first kappa shape index (κ1) is 16.0. The van der Waals surface area contributed by atoms with Crippen molar-refractivity contribution in [1.29, 1.82) is 0 Å². The van der Waals surface area contributed by atoms with E-state index in [4.69, 9.17) is 5.11 Å². The molecular weight excluding hydrogens is 387 g/mol. The molecule has 1 aromatic carbocycles. The maximum atomic E-state index is 11.2. The molecule has 0 saturated heterocycles. The number of halogens is 1. The first-order chi connectivity index (χ1) is 9.92. The first-order valence-electron chi connectivity index (χ1n) is 6.86. The summed E-state index contributed by atoms with van der Waals surface area (Å²) in [5.74, 6) is -0.877. The van der Waals surface area contributed by atoms with E-state index in [1.54, 1.807) is 12.1 Å². The van der Waals surface area contributed by atoms with Crippen molar-refractivity contribution in [3.05, 3.63) is 31.9 Å². The van der Waals surface area contributed by atoms with Crippen molar-refractivity contribution in [3.8, 4) is 0 Å². The summed E-state index contributed by atoms with van der Waals surface area (Å²) in [5, 5.41) is 23.5. The fourth-order valence-electron chi connectivity index (χ4n) is 2.91. The van der Waals surface area contributed by atoms with E-state index in [-0.39, 0.29) is 12.1 Å². The van der Waals surface area contributed by atoms with Crippen LogP contribution in [-0.4, -0.2) is 21.5 Å². The highest BCUT2D eigenvalue weighted by Gasteiger charge is 2.35. The predicted molar refractivity (Wildman–Crippen MR) is 87.5 cm³/mol. The van der Waals surface area contributed by atoms with Gasteiger partial charge in [-0.15, -0.1) is 0 Å². The van der Waals surface area contributed by atoms with Gasteiger partial charge in [0.05, 0.1) is 11.3 Å². The normalized spacial score (nSPS) is 17.2. The Morgan fingerprint density at radius 2 is 2.05 bits per heavy atom. The second kappa shape index (κ2) is 6.59. The molecule has 21 heavy (non-hydrogen) atoms. The lowest BCUT2D eigenvalue weighted by Gasteiger charge is -2.37. The van der Waals surface area contributed by atoms with E-state index in [0.29, 0.717) is 5.69 Å². The number of nitrogens with zero attached hydrogens (tertiary/aromatic N) is 1. The highest BCUT2D eigenvalue weighted by Crippen LogP contribution is 2.37. The van der Waals surface area contributed by atoms with Crippen molar-refractivity contribution >= 4 is 39.9 Å². The van der Waals surface area contributed by atoms with E-state index >= 15 is 0 Å². The number of nitrogens with one attached hydrogen (secondary N) is 1. The maximum Gasteiger partial charge on any atom is 0.305 e. The van der Waals surface area contributed by atoms with Gasteiger partial charge < -0.3 is 10.4 Å². The average Bonchev–Trinajstić information content (AvgIpc) is 2.40. The van der Waals surface area contributed by atoms with Gasteiger partial charge in [-0.25, -0.2) is 0 Å². The summed E-state index contributed by atoms with van der Waals surface area (Å²) in [4.78, 5) is 21.9.